The van der Waals surface area contributed by atoms with E-state index in [1.807, 2.05) is 55.4 Å². The van der Waals surface area contributed by atoms with Crippen molar-refractivity contribution in [2.24, 2.45) is 5.92 Å². The van der Waals surface area contributed by atoms with Crippen molar-refractivity contribution in [3.05, 3.63) is 28.0 Å². The molecule has 1 heterocycles. The van der Waals surface area contributed by atoms with E-state index < -0.39 is 45.8 Å². The van der Waals surface area contributed by atoms with Gasteiger partial charge in [-0.3, -0.25) is 0 Å². The minimum atomic E-state index is -1.57. The van der Waals surface area contributed by atoms with Crippen LogP contribution in [0.15, 0.2) is 6.07 Å². The number of hydrogen-bond acceptors (Lipinski definition) is 6. The quantitative estimate of drug-likeness (QED) is 0.380. The fourth-order valence-electron chi connectivity index (χ4n) is 4.18. The Morgan fingerprint density at radius 3 is 2.24 bits per heavy atom. The van der Waals surface area contributed by atoms with Gasteiger partial charge in [0.1, 0.15) is 16.1 Å². The minimum Gasteiger partial charge on any atom is -0.598 e. The number of ether oxygens (including phenoxy) is 2. The van der Waals surface area contributed by atoms with E-state index in [9.17, 15) is 14.1 Å². The number of benzene rings is 1. The second-order valence-corrected chi connectivity index (χ2v) is 13.9. The van der Waals surface area contributed by atoms with E-state index in [1.165, 1.54) is 4.90 Å². The lowest BCUT2D eigenvalue weighted by atomic mass is 9.85. The smallest absolute Gasteiger partial charge is 0.415 e. The molecule has 216 valence electrons. The molecule has 2 amide bonds. The van der Waals surface area contributed by atoms with E-state index in [2.05, 4.69) is 4.72 Å². The van der Waals surface area contributed by atoms with Crippen LogP contribution in [0.1, 0.15) is 85.4 Å². The van der Waals surface area contributed by atoms with E-state index in [4.69, 9.17) is 21.1 Å². The van der Waals surface area contributed by atoms with Crippen molar-refractivity contribution in [1.82, 2.24) is 14.5 Å². The number of amides is 2. The van der Waals surface area contributed by atoms with E-state index in [1.54, 1.807) is 17.9 Å². The molecule has 0 spiro atoms. The van der Waals surface area contributed by atoms with Gasteiger partial charge in [0.05, 0.1) is 16.6 Å². The highest BCUT2D eigenvalue weighted by molar-refractivity contribution is 7.90. The molecule has 2 rings (SSSR count). The summed E-state index contributed by atoms with van der Waals surface area (Å²) in [5.74, 6) is -0.898. The van der Waals surface area contributed by atoms with Crippen LogP contribution in [0, 0.1) is 18.7 Å². The van der Waals surface area contributed by atoms with Crippen LogP contribution < -0.4 is 9.46 Å². The number of aryl methyl sites for hydroxylation is 1. The van der Waals surface area contributed by atoms with Crippen LogP contribution in [-0.2, 0) is 16.1 Å². The van der Waals surface area contributed by atoms with E-state index in [0.717, 1.165) is 0 Å². The third-order valence-corrected chi connectivity index (χ3v) is 8.42. The largest absolute Gasteiger partial charge is 0.598 e. The molecule has 1 N–H and O–H groups in total. The normalized spacial score (nSPS) is 16.7. The molecule has 1 aromatic carbocycles. The summed E-state index contributed by atoms with van der Waals surface area (Å²) < 4.78 is 42.9. The molecule has 1 saturated heterocycles. The van der Waals surface area contributed by atoms with Crippen LogP contribution >= 0.6 is 11.6 Å². The average molecular weight is 576 g/mol. The number of likely N-dealkylation sites (tertiary alicyclic amines) is 1. The Morgan fingerprint density at radius 1 is 1.21 bits per heavy atom. The van der Waals surface area contributed by atoms with Crippen LogP contribution in [-0.4, -0.2) is 63.1 Å². The highest BCUT2D eigenvalue weighted by Gasteiger charge is 2.40. The Bertz CT molecular complexity index is 986. The molecule has 0 aromatic heterocycles. The summed E-state index contributed by atoms with van der Waals surface area (Å²) in [6.07, 6.45) is -0.0240. The Labute approximate surface area is 234 Å². The molecule has 1 aromatic rings. The number of halogens is 2. The maximum absolute atomic E-state index is 15.9. The molecule has 2 atom stereocenters. The fourth-order valence-corrected chi connectivity index (χ4v) is 5.23. The van der Waals surface area contributed by atoms with Gasteiger partial charge < -0.3 is 23.8 Å². The number of nitrogens with zero attached hydrogens (tertiary/aromatic N) is 2. The first-order valence-corrected chi connectivity index (χ1v) is 14.6. The molecule has 8 nitrogen and oxygen atoms in total. The Hall–Kier alpha value is -1.75. The number of rotatable bonds is 7. The van der Waals surface area contributed by atoms with E-state index in [0.29, 0.717) is 44.6 Å². The predicted molar refractivity (Wildman–Crippen MR) is 149 cm³/mol. The predicted octanol–water partition coefficient (Wildman–Crippen LogP) is 6.37. The van der Waals surface area contributed by atoms with Gasteiger partial charge in [0.2, 0.25) is 0 Å². The first-order chi connectivity index (χ1) is 17.5. The highest BCUT2D eigenvalue weighted by Crippen LogP contribution is 2.42. The van der Waals surface area contributed by atoms with Crippen molar-refractivity contribution >= 4 is 35.1 Å². The summed E-state index contributed by atoms with van der Waals surface area (Å²) in [5, 5.41) is -0.0813. The highest BCUT2D eigenvalue weighted by atomic mass is 35.5. The third-order valence-electron chi connectivity index (χ3n) is 6.37. The van der Waals surface area contributed by atoms with Gasteiger partial charge >= 0.3 is 12.2 Å². The van der Waals surface area contributed by atoms with Crippen molar-refractivity contribution in [3.8, 4) is 5.75 Å². The molecule has 0 bridgehead atoms. The maximum atomic E-state index is 15.9. The zero-order chi connectivity index (χ0) is 29.0. The van der Waals surface area contributed by atoms with Crippen molar-refractivity contribution < 1.29 is 28.0 Å². The average Bonchev–Trinajstić information content (AvgIpc) is 2.81. The second-order valence-electron chi connectivity index (χ2n) is 11.6. The zero-order valence-electron chi connectivity index (χ0n) is 24.1. The Kier molecular flexibility index (Phi) is 11.2. The van der Waals surface area contributed by atoms with E-state index >= 15 is 4.39 Å². The number of nitrogens with one attached hydrogen (secondary N) is 1. The second kappa shape index (κ2) is 13.1. The molecule has 38 heavy (non-hydrogen) atoms. The van der Waals surface area contributed by atoms with Crippen LogP contribution in [0.25, 0.3) is 0 Å². The zero-order valence-corrected chi connectivity index (χ0v) is 25.6. The molecule has 1 fully saturated rings. The Morgan fingerprint density at radius 2 is 1.76 bits per heavy atom. The molecule has 1 unspecified atom stereocenters. The molecular formula is C27H43ClFN3O5S. The summed E-state index contributed by atoms with van der Waals surface area (Å²) in [7, 11) is 0. The maximum Gasteiger partial charge on any atom is 0.415 e. The Balaban J connectivity index is 2.49. The first-order valence-electron chi connectivity index (χ1n) is 13.1. The van der Waals surface area contributed by atoms with Gasteiger partial charge in [0.25, 0.3) is 0 Å². The summed E-state index contributed by atoms with van der Waals surface area (Å²) in [6.45, 7) is 17.8. The van der Waals surface area contributed by atoms with Crippen molar-refractivity contribution in [2.75, 3.05) is 26.2 Å². The topological polar surface area (TPSA) is 94.2 Å². The lowest BCUT2D eigenvalue weighted by Gasteiger charge is -2.38. The van der Waals surface area contributed by atoms with Crippen LogP contribution in [0.4, 0.5) is 14.0 Å². The lowest BCUT2D eigenvalue weighted by Crippen LogP contribution is -2.47. The summed E-state index contributed by atoms with van der Waals surface area (Å²) in [6, 6.07) is 0.764. The SMILES string of the molecule is CCN(CC)C(=O)Oc1cc(C)c(Cl)c(F)c1[C@H](N[S+]([O-])C(C)(C)C)C1CCN(C(=O)OC(C)(C)C)CC1. The molecule has 0 radical (unpaired) electrons. The minimum absolute atomic E-state index is 0.0410. The van der Waals surface area contributed by atoms with Crippen molar-refractivity contribution in [2.45, 2.75) is 91.5 Å². The number of hydrogen-bond donors (Lipinski definition) is 1. The van der Waals surface area contributed by atoms with Crippen molar-refractivity contribution in [1.29, 1.82) is 0 Å². The lowest BCUT2D eigenvalue weighted by molar-refractivity contribution is 0.0170. The molecule has 0 saturated carbocycles. The van der Waals surface area contributed by atoms with Gasteiger partial charge in [-0.25, -0.2) is 14.0 Å². The molecule has 11 heteroatoms. The molecule has 1 aliphatic heterocycles. The summed E-state index contributed by atoms with van der Waals surface area (Å²) in [4.78, 5) is 28.6. The standard InChI is InChI=1S/C27H43ClFN3O5S/c1-10-31(11-2)24(33)36-19-16-17(3)21(28)22(29)20(19)23(30-38(35)27(7,8)9)18-12-14-32(15-13-18)25(34)37-26(4,5)6/h16,18,23,30H,10-15H2,1-9H3/t23-,38?/m1/s1. The van der Waals surface area contributed by atoms with Gasteiger partial charge in [-0.2, -0.15) is 0 Å². The number of piperidine rings is 1. The van der Waals surface area contributed by atoms with E-state index in [-0.39, 0.29) is 22.3 Å². The van der Waals surface area contributed by atoms with Crippen LogP contribution in [0.3, 0.4) is 0 Å². The monoisotopic (exact) mass is 575 g/mol. The third kappa shape index (κ3) is 8.37. The summed E-state index contributed by atoms with van der Waals surface area (Å²) >= 11 is 4.78. The fraction of sp³-hybridized carbons (Fsp3) is 0.704. The number of carbonyl (C=O) groups excluding carboxylic acids is 2. The first kappa shape index (κ1) is 32.5. The van der Waals surface area contributed by atoms with Crippen LogP contribution in [0.2, 0.25) is 5.02 Å². The number of carbonyl (C=O) groups is 2. The van der Waals surface area contributed by atoms with Gasteiger partial charge in [-0.05, 0) is 92.7 Å². The molecule has 0 aliphatic carbocycles. The molecular weight excluding hydrogens is 533 g/mol. The van der Waals surface area contributed by atoms with Gasteiger partial charge in [-0.15, -0.1) is 4.72 Å². The summed E-state index contributed by atoms with van der Waals surface area (Å²) in [5.41, 5.74) is -0.132. The van der Waals surface area contributed by atoms with Gasteiger partial charge in [0.15, 0.2) is 5.82 Å². The van der Waals surface area contributed by atoms with Crippen molar-refractivity contribution in [3.63, 3.8) is 0 Å². The molecule has 1 aliphatic rings. The van der Waals surface area contributed by atoms with Gasteiger partial charge in [0, 0.05) is 37.5 Å². The van der Waals surface area contributed by atoms with Crippen LogP contribution in [0.5, 0.6) is 5.75 Å². The van der Waals surface area contributed by atoms with Gasteiger partial charge in [-0.1, -0.05) is 11.6 Å².